The van der Waals surface area contributed by atoms with Crippen molar-refractivity contribution in [3.8, 4) is 16.9 Å². The molecule has 10 nitrogen and oxygen atoms in total. The van der Waals surface area contributed by atoms with E-state index < -0.39 is 0 Å². The van der Waals surface area contributed by atoms with E-state index in [-0.39, 0.29) is 11.8 Å². The third-order valence-electron chi connectivity index (χ3n) is 6.28. The van der Waals surface area contributed by atoms with Gasteiger partial charge in [0.1, 0.15) is 5.75 Å². The van der Waals surface area contributed by atoms with Gasteiger partial charge < -0.3 is 20.7 Å². The van der Waals surface area contributed by atoms with Crippen LogP contribution in [0.3, 0.4) is 0 Å². The molecule has 4 heterocycles. The van der Waals surface area contributed by atoms with Crippen molar-refractivity contribution in [1.82, 2.24) is 29.7 Å². The Bertz CT molecular complexity index is 1380. The van der Waals surface area contributed by atoms with Crippen LogP contribution in [0.1, 0.15) is 24.6 Å². The highest BCUT2D eigenvalue weighted by Gasteiger charge is 2.30. The van der Waals surface area contributed by atoms with Gasteiger partial charge >= 0.3 is 0 Å². The predicted octanol–water partition coefficient (Wildman–Crippen LogP) is 3.15. The number of hydrogen-bond acceptors (Lipinski definition) is 7. The molecule has 6 rings (SSSR count). The molecule has 0 unspecified atom stereocenters. The van der Waals surface area contributed by atoms with Crippen LogP contribution in [0.25, 0.3) is 16.8 Å². The van der Waals surface area contributed by atoms with Gasteiger partial charge in [0.15, 0.2) is 11.5 Å². The summed E-state index contributed by atoms with van der Waals surface area (Å²) in [4.78, 5) is 17.0. The van der Waals surface area contributed by atoms with Crippen molar-refractivity contribution in [2.75, 3.05) is 30.8 Å². The highest BCUT2D eigenvalue weighted by atomic mass is 16.5. The highest BCUT2D eigenvalue weighted by Crippen LogP contribution is 2.39. The van der Waals surface area contributed by atoms with Crippen molar-refractivity contribution in [3.05, 3.63) is 48.5 Å². The summed E-state index contributed by atoms with van der Waals surface area (Å²) in [6, 6.07) is 8.16. The fraction of sp³-hybridized carbons (Fsp3) is 0.333. The van der Waals surface area contributed by atoms with E-state index in [1.54, 1.807) is 11.6 Å². The van der Waals surface area contributed by atoms with E-state index in [2.05, 4.69) is 37.3 Å². The van der Waals surface area contributed by atoms with Crippen molar-refractivity contribution >= 4 is 28.7 Å². The van der Waals surface area contributed by atoms with Gasteiger partial charge in [-0.2, -0.15) is 5.10 Å². The van der Waals surface area contributed by atoms with E-state index >= 15 is 0 Å². The normalized spacial score (nSPS) is 15.8. The number of carbonyl (C=O) groups excluding carboxylic acids is 1. The second-order valence-electron chi connectivity index (χ2n) is 8.89. The first-order valence-corrected chi connectivity index (χ1v) is 11.5. The first kappa shape index (κ1) is 20.7. The average molecular weight is 459 g/mol. The number of fused-ring (bicyclic) bond motifs is 1. The van der Waals surface area contributed by atoms with Crippen molar-refractivity contribution in [2.24, 2.45) is 5.92 Å². The lowest BCUT2D eigenvalue weighted by Crippen LogP contribution is -2.43. The summed E-state index contributed by atoms with van der Waals surface area (Å²) < 4.78 is 9.53. The molecular formula is C24H26N8O2. The maximum absolute atomic E-state index is 12.3. The number of amides is 1. The number of aryl methyl sites for hydroxylation is 1. The van der Waals surface area contributed by atoms with E-state index in [1.165, 1.54) is 0 Å². The van der Waals surface area contributed by atoms with Gasteiger partial charge in [-0.3, -0.25) is 9.48 Å². The van der Waals surface area contributed by atoms with Crippen molar-refractivity contribution < 1.29 is 9.53 Å². The Morgan fingerprint density at radius 3 is 2.79 bits per heavy atom. The first-order chi connectivity index (χ1) is 16.6. The maximum atomic E-state index is 12.3. The number of ether oxygens (including phenoxy) is 1. The third kappa shape index (κ3) is 3.75. The second-order valence-corrected chi connectivity index (χ2v) is 8.89. The Balaban J connectivity index is 1.36. The molecule has 3 aromatic heterocycles. The SMILES string of the molecule is COc1c(Nc2cc(NC(=O)C3CC3)nn3cc(C)nc23)cccc1-c1cnn(C2CNC2)c1. The first-order valence-electron chi connectivity index (χ1n) is 11.5. The minimum atomic E-state index is 0.00731. The minimum absolute atomic E-state index is 0.00731. The van der Waals surface area contributed by atoms with E-state index in [4.69, 9.17) is 4.74 Å². The number of hydrogen-bond donors (Lipinski definition) is 3. The van der Waals surface area contributed by atoms with Crippen LogP contribution in [0.15, 0.2) is 42.9 Å². The van der Waals surface area contributed by atoms with Gasteiger partial charge in [-0.15, -0.1) is 5.10 Å². The number of methoxy groups -OCH3 is 1. The van der Waals surface area contributed by atoms with Crippen molar-refractivity contribution in [2.45, 2.75) is 25.8 Å². The summed E-state index contributed by atoms with van der Waals surface area (Å²) in [5.41, 5.74) is 4.94. The molecule has 34 heavy (non-hydrogen) atoms. The van der Waals surface area contributed by atoms with Gasteiger partial charge in [-0.1, -0.05) is 12.1 Å². The van der Waals surface area contributed by atoms with Crippen molar-refractivity contribution in [1.29, 1.82) is 0 Å². The molecule has 0 radical (unpaired) electrons. The second kappa shape index (κ2) is 8.14. The van der Waals surface area contributed by atoms with Crippen LogP contribution in [-0.2, 0) is 4.79 Å². The van der Waals surface area contributed by atoms with E-state index in [1.807, 2.05) is 48.3 Å². The monoisotopic (exact) mass is 458 g/mol. The zero-order valence-electron chi connectivity index (χ0n) is 19.1. The molecule has 174 valence electrons. The summed E-state index contributed by atoms with van der Waals surface area (Å²) >= 11 is 0. The molecule has 1 aliphatic carbocycles. The Morgan fingerprint density at radius 2 is 2.06 bits per heavy atom. The molecule has 1 saturated heterocycles. The number of imidazole rings is 1. The molecule has 10 heteroatoms. The molecule has 0 atom stereocenters. The molecule has 1 amide bonds. The van der Waals surface area contributed by atoms with Gasteiger partial charge in [0.2, 0.25) is 5.91 Å². The summed E-state index contributed by atoms with van der Waals surface area (Å²) in [6.45, 7) is 3.78. The minimum Gasteiger partial charge on any atom is -0.494 e. The molecule has 1 saturated carbocycles. The fourth-order valence-electron chi connectivity index (χ4n) is 4.18. The van der Waals surface area contributed by atoms with E-state index in [9.17, 15) is 4.79 Å². The van der Waals surface area contributed by atoms with E-state index in [0.717, 1.165) is 54.1 Å². The Morgan fingerprint density at radius 1 is 1.21 bits per heavy atom. The van der Waals surface area contributed by atoms with Crippen LogP contribution in [0.5, 0.6) is 5.75 Å². The molecule has 2 fully saturated rings. The number of nitrogens with one attached hydrogen (secondary N) is 3. The molecule has 3 N–H and O–H groups in total. The molecular weight excluding hydrogens is 432 g/mol. The lowest BCUT2D eigenvalue weighted by atomic mass is 10.1. The average Bonchev–Trinajstić information content (AvgIpc) is 3.42. The van der Waals surface area contributed by atoms with Gasteiger partial charge in [-0.25, -0.2) is 9.50 Å². The molecule has 0 spiro atoms. The maximum Gasteiger partial charge on any atom is 0.228 e. The Hall–Kier alpha value is -3.92. The molecule has 1 aromatic carbocycles. The number of carbonyl (C=O) groups is 1. The smallest absolute Gasteiger partial charge is 0.228 e. The number of nitrogens with zero attached hydrogens (tertiary/aromatic N) is 5. The summed E-state index contributed by atoms with van der Waals surface area (Å²) in [6.07, 6.45) is 7.63. The summed E-state index contributed by atoms with van der Waals surface area (Å²) in [7, 11) is 1.66. The van der Waals surface area contributed by atoms with Gasteiger partial charge in [-0.05, 0) is 25.8 Å². The number of benzene rings is 1. The molecule has 2 aliphatic rings. The van der Waals surface area contributed by atoms with Crippen LogP contribution in [-0.4, -0.2) is 50.5 Å². The van der Waals surface area contributed by atoms with E-state index in [0.29, 0.717) is 23.3 Å². The fourth-order valence-corrected chi connectivity index (χ4v) is 4.18. The van der Waals surface area contributed by atoms with Crippen LogP contribution in [0, 0.1) is 12.8 Å². The topological polar surface area (TPSA) is 110 Å². The molecule has 0 bridgehead atoms. The van der Waals surface area contributed by atoms with Gasteiger partial charge in [0.25, 0.3) is 0 Å². The standard InChI is InChI=1S/C24H26N8O2/c1-14-12-32-23(27-14)20(8-21(30-32)29-24(33)15-6-7-15)28-19-5-3-4-18(22(19)34-2)16-9-26-31(13-16)17-10-25-11-17/h3-5,8-9,12-13,15,17,25,28H,6-7,10-11H2,1-2H3,(H,29,30,33). The Kier molecular flexibility index (Phi) is 4.95. The molecule has 1 aliphatic heterocycles. The van der Waals surface area contributed by atoms with Crippen molar-refractivity contribution in [3.63, 3.8) is 0 Å². The lowest BCUT2D eigenvalue weighted by molar-refractivity contribution is -0.117. The number of aromatic nitrogens is 5. The zero-order valence-corrected chi connectivity index (χ0v) is 19.1. The predicted molar refractivity (Wildman–Crippen MR) is 128 cm³/mol. The number of para-hydroxylation sites is 1. The molecule has 4 aromatic rings. The number of rotatable bonds is 7. The summed E-state index contributed by atoms with van der Waals surface area (Å²) in [5, 5.41) is 18.7. The Labute approximate surface area is 196 Å². The highest BCUT2D eigenvalue weighted by molar-refractivity contribution is 5.94. The van der Waals surface area contributed by atoms with Gasteiger partial charge in [0.05, 0.1) is 42.6 Å². The van der Waals surface area contributed by atoms with Crippen LogP contribution < -0.4 is 20.7 Å². The quantitative estimate of drug-likeness (QED) is 0.390. The largest absolute Gasteiger partial charge is 0.494 e. The van der Waals surface area contributed by atoms with Gasteiger partial charge in [0, 0.05) is 42.4 Å². The zero-order chi connectivity index (χ0) is 23.2. The van der Waals surface area contributed by atoms with Crippen LogP contribution in [0.2, 0.25) is 0 Å². The summed E-state index contributed by atoms with van der Waals surface area (Å²) in [5.74, 6) is 1.28. The van der Waals surface area contributed by atoms with Crippen LogP contribution >= 0.6 is 0 Å². The number of anilines is 3. The lowest BCUT2D eigenvalue weighted by Gasteiger charge is -2.27. The third-order valence-corrected chi connectivity index (χ3v) is 6.28. The van der Waals surface area contributed by atoms with Crippen LogP contribution in [0.4, 0.5) is 17.2 Å².